The molecule has 3 nitrogen and oxygen atoms in total. The molecule has 0 N–H and O–H groups in total. The summed E-state index contributed by atoms with van der Waals surface area (Å²) in [6.45, 7) is 8.79. The van der Waals surface area contributed by atoms with Crippen LogP contribution in [0.1, 0.15) is 39.5 Å². The SMILES string of the molecule is CCCC(=O)C(CCC)CN1CCOCC1. The maximum atomic E-state index is 11.9. The van der Waals surface area contributed by atoms with Crippen molar-refractivity contribution in [3.8, 4) is 0 Å². The van der Waals surface area contributed by atoms with Crippen LogP contribution in [0.15, 0.2) is 0 Å². The predicted octanol–water partition coefficient (Wildman–Crippen LogP) is 2.10. The molecule has 0 radical (unpaired) electrons. The zero-order chi connectivity index (χ0) is 11.8. The van der Waals surface area contributed by atoms with E-state index in [9.17, 15) is 4.79 Å². The molecule has 1 atom stereocenters. The highest BCUT2D eigenvalue weighted by Crippen LogP contribution is 2.14. The second kappa shape index (κ2) is 7.80. The second-order valence-corrected chi connectivity index (χ2v) is 4.61. The van der Waals surface area contributed by atoms with E-state index in [2.05, 4.69) is 18.7 Å². The largest absolute Gasteiger partial charge is 0.379 e. The van der Waals surface area contributed by atoms with Gasteiger partial charge in [0.1, 0.15) is 5.78 Å². The van der Waals surface area contributed by atoms with Crippen molar-refractivity contribution in [2.75, 3.05) is 32.8 Å². The third-order valence-corrected chi connectivity index (χ3v) is 3.17. The number of morpholine rings is 1. The molecule has 1 heterocycles. The van der Waals surface area contributed by atoms with Gasteiger partial charge in [-0.3, -0.25) is 9.69 Å². The third kappa shape index (κ3) is 4.62. The lowest BCUT2D eigenvalue weighted by Gasteiger charge is -2.29. The van der Waals surface area contributed by atoms with Crippen LogP contribution in [0.25, 0.3) is 0 Å². The summed E-state index contributed by atoms with van der Waals surface area (Å²) in [5, 5.41) is 0. The lowest BCUT2D eigenvalue weighted by molar-refractivity contribution is -0.124. The van der Waals surface area contributed by atoms with Gasteiger partial charge in [0.25, 0.3) is 0 Å². The molecule has 16 heavy (non-hydrogen) atoms. The topological polar surface area (TPSA) is 29.5 Å². The van der Waals surface area contributed by atoms with Gasteiger partial charge in [-0.05, 0) is 12.8 Å². The fourth-order valence-corrected chi connectivity index (χ4v) is 2.25. The van der Waals surface area contributed by atoms with Crippen LogP contribution in [-0.2, 0) is 9.53 Å². The first-order chi connectivity index (χ1) is 7.77. The van der Waals surface area contributed by atoms with Crippen LogP contribution in [0.2, 0.25) is 0 Å². The number of hydrogen-bond acceptors (Lipinski definition) is 3. The smallest absolute Gasteiger partial charge is 0.137 e. The Hall–Kier alpha value is -0.410. The van der Waals surface area contributed by atoms with Crippen molar-refractivity contribution in [2.24, 2.45) is 5.92 Å². The van der Waals surface area contributed by atoms with Crippen molar-refractivity contribution >= 4 is 5.78 Å². The first-order valence-electron chi connectivity index (χ1n) is 6.60. The molecule has 0 aromatic carbocycles. The fourth-order valence-electron chi connectivity index (χ4n) is 2.25. The van der Waals surface area contributed by atoms with Crippen molar-refractivity contribution < 1.29 is 9.53 Å². The van der Waals surface area contributed by atoms with Crippen LogP contribution in [0.5, 0.6) is 0 Å². The number of hydrogen-bond donors (Lipinski definition) is 0. The third-order valence-electron chi connectivity index (χ3n) is 3.17. The van der Waals surface area contributed by atoms with E-state index in [0.717, 1.165) is 58.5 Å². The van der Waals surface area contributed by atoms with Crippen molar-refractivity contribution in [3.05, 3.63) is 0 Å². The van der Waals surface area contributed by atoms with Gasteiger partial charge in [0.05, 0.1) is 13.2 Å². The highest BCUT2D eigenvalue weighted by Gasteiger charge is 2.21. The van der Waals surface area contributed by atoms with Crippen molar-refractivity contribution in [2.45, 2.75) is 39.5 Å². The van der Waals surface area contributed by atoms with E-state index in [1.807, 2.05) is 0 Å². The van der Waals surface area contributed by atoms with E-state index in [-0.39, 0.29) is 5.92 Å². The number of ketones is 1. The Morgan fingerprint density at radius 3 is 2.50 bits per heavy atom. The lowest BCUT2D eigenvalue weighted by atomic mass is 9.95. The minimum atomic E-state index is 0.253. The fraction of sp³-hybridized carbons (Fsp3) is 0.923. The molecule has 0 bridgehead atoms. The van der Waals surface area contributed by atoms with E-state index >= 15 is 0 Å². The van der Waals surface area contributed by atoms with Crippen LogP contribution in [0, 0.1) is 5.92 Å². The Bertz CT molecular complexity index is 200. The van der Waals surface area contributed by atoms with Crippen LogP contribution >= 0.6 is 0 Å². The Morgan fingerprint density at radius 1 is 1.25 bits per heavy atom. The van der Waals surface area contributed by atoms with Gasteiger partial charge < -0.3 is 4.74 Å². The minimum absolute atomic E-state index is 0.253. The highest BCUT2D eigenvalue weighted by atomic mass is 16.5. The molecule has 1 aliphatic rings. The molecule has 94 valence electrons. The Kier molecular flexibility index (Phi) is 6.65. The second-order valence-electron chi connectivity index (χ2n) is 4.61. The van der Waals surface area contributed by atoms with Gasteiger partial charge in [-0.25, -0.2) is 0 Å². The zero-order valence-electron chi connectivity index (χ0n) is 10.7. The van der Waals surface area contributed by atoms with Gasteiger partial charge in [-0.15, -0.1) is 0 Å². The van der Waals surface area contributed by atoms with E-state index in [1.165, 1.54) is 0 Å². The van der Waals surface area contributed by atoms with Gasteiger partial charge in [0, 0.05) is 32.0 Å². The summed E-state index contributed by atoms with van der Waals surface area (Å²) in [5.41, 5.74) is 0. The molecule has 1 aliphatic heterocycles. The first kappa shape index (κ1) is 13.7. The average molecular weight is 227 g/mol. The lowest BCUT2D eigenvalue weighted by Crippen LogP contribution is -2.41. The quantitative estimate of drug-likeness (QED) is 0.667. The molecule has 0 saturated carbocycles. The maximum Gasteiger partial charge on any atom is 0.137 e. The summed E-state index contributed by atoms with van der Waals surface area (Å²) in [4.78, 5) is 14.3. The number of ether oxygens (including phenoxy) is 1. The van der Waals surface area contributed by atoms with Crippen LogP contribution in [0.3, 0.4) is 0 Å². The summed E-state index contributed by atoms with van der Waals surface area (Å²) in [6, 6.07) is 0. The van der Waals surface area contributed by atoms with Crippen molar-refractivity contribution in [1.82, 2.24) is 4.90 Å². The average Bonchev–Trinajstić information content (AvgIpc) is 2.30. The number of carbonyl (C=O) groups is 1. The normalized spacial score (nSPS) is 19.6. The monoisotopic (exact) mass is 227 g/mol. The van der Waals surface area contributed by atoms with Crippen molar-refractivity contribution in [1.29, 1.82) is 0 Å². The molecule has 1 rings (SSSR count). The number of carbonyl (C=O) groups excluding carboxylic acids is 1. The van der Waals surface area contributed by atoms with Crippen molar-refractivity contribution in [3.63, 3.8) is 0 Å². The molecule has 0 amide bonds. The molecule has 0 aromatic heterocycles. The molecule has 1 saturated heterocycles. The van der Waals surface area contributed by atoms with Gasteiger partial charge in [0.2, 0.25) is 0 Å². The molecule has 3 heteroatoms. The standard InChI is InChI=1S/C13H25NO2/c1-3-5-12(13(15)6-4-2)11-14-7-9-16-10-8-14/h12H,3-11H2,1-2H3. The number of rotatable bonds is 7. The molecular weight excluding hydrogens is 202 g/mol. The summed E-state index contributed by atoms with van der Waals surface area (Å²) < 4.78 is 5.32. The van der Waals surface area contributed by atoms with Gasteiger partial charge >= 0.3 is 0 Å². The van der Waals surface area contributed by atoms with Crippen LogP contribution in [0.4, 0.5) is 0 Å². The van der Waals surface area contributed by atoms with E-state index in [4.69, 9.17) is 4.74 Å². The maximum absolute atomic E-state index is 11.9. The zero-order valence-corrected chi connectivity index (χ0v) is 10.7. The number of nitrogens with zero attached hydrogens (tertiary/aromatic N) is 1. The summed E-state index contributed by atoms with van der Waals surface area (Å²) in [5.74, 6) is 0.707. The molecule has 1 unspecified atom stereocenters. The Morgan fingerprint density at radius 2 is 1.94 bits per heavy atom. The van der Waals surface area contributed by atoms with E-state index < -0.39 is 0 Å². The molecule has 0 aliphatic carbocycles. The summed E-state index contributed by atoms with van der Waals surface area (Å²) in [6.07, 6.45) is 3.86. The molecule has 1 fully saturated rings. The number of Topliss-reactive ketones (excluding diaryl/α,β-unsaturated/α-hetero) is 1. The van der Waals surface area contributed by atoms with E-state index in [1.54, 1.807) is 0 Å². The molecule has 0 aromatic rings. The summed E-state index contributed by atoms with van der Waals surface area (Å²) in [7, 11) is 0. The van der Waals surface area contributed by atoms with Gasteiger partial charge in [-0.2, -0.15) is 0 Å². The van der Waals surface area contributed by atoms with Gasteiger partial charge in [0.15, 0.2) is 0 Å². The molecule has 0 spiro atoms. The van der Waals surface area contributed by atoms with E-state index in [0.29, 0.717) is 5.78 Å². The Labute approximate surface area is 99.1 Å². The van der Waals surface area contributed by atoms with Gasteiger partial charge in [-0.1, -0.05) is 20.3 Å². The summed E-state index contributed by atoms with van der Waals surface area (Å²) >= 11 is 0. The highest BCUT2D eigenvalue weighted by molar-refractivity contribution is 5.81. The minimum Gasteiger partial charge on any atom is -0.379 e. The Balaban J connectivity index is 2.39. The predicted molar refractivity (Wildman–Crippen MR) is 65.6 cm³/mol. The van der Waals surface area contributed by atoms with Crippen LogP contribution < -0.4 is 0 Å². The van der Waals surface area contributed by atoms with Crippen LogP contribution in [-0.4, -0.2) is 43.5 Å². The first-order valence-corrected chi connectivity index (χ1v) is 6.60. The molecular formula is C13H25NO2.